The van der Waals surface area contributed by atoms with Crippen LogP contribution in [0.25, 0.3) is 0 Å². The number of carbonyl (C=O) groups is 1. The number of carbonyl (C=O) groups excluding carboxylic acids is 1. The Morgan fingerprint density at radius 3 is 2.62 bits per heavy atom. The molecule has 1 rings (SSSR count). The molecule has 0 saturated carbocycles. The second kappa shape index (κ2) is 8.55. The first kappa shape index (κ1) is 18.2. The zero-order valence-electron chi connectivity index (χ0n) is 12.2. The molecular weight excluding hydrogens is 289 g/mol. The van der Waals surface area contributed by atoms with Crippen LogP contribution in [0.1, 0.15) is 26.2 Å². The average molecular weight is 312 g/mol. The molecule has 0 radical (unpaired) electrons. The number of aliphatic hydroxyl groups excluding tert-OH is 1. The molecule has 0 aromatic heterocycles. The molecule has 21 heavy (non-hydrogen) atoms. The Balaban J connectivity index is 2.07. The maximum atomic E-state index is 11.9. The van der Waals surface area contributed by atoms with Gasteiger partial charge in [0.15, 0.2) is 0 Å². The van der Waals surface area contributed by atoms with Gasteiger partial charge in [0, 0.05) is 19.6 Å². The van der Waals surface area contributed by atoms with Crippen LogP contribution in [-0.2, 0) is 9.53 Å². The van der Waals surface area contributed by atoms with Crippen molar-refractivity contribution in [3.63, 3.8) is 0 Å². The Hall–Kier alpha value is -0.860. The Bertz CT molecular complexity index is 318. The van der Waals surface area contributed by atoms with E-state index in [4.69, 9.17) is 0 Å². The van der Waals surface area contributed by atoms with Gasteiger partial charge in [0.25, 0.3) is 0 Å². The molecule has 1 aliphatic rings. The number of piperidine rings is 1. The van der Waals surface area contributed by atoms with E-state index in [1.165, 1.54) is 6.92 Å². The van der Waals surface area contributed by atoms with E-state index in [2.05, 4.69) is 15.0 Å². The summed E-state index contributed by atoms with van der Waals surface area (Å²) >= 11 is 0. The van der Waals surface area contributed by atoms with Gasteiger partial charge >= 0.3 is 6.18 Å². The third kappa shape index (κ3) is 8.23. The van der Waals surface area contributed by atoms with Crippen LogP contribution in [0.5, 0.6) is 0 Å². The van der Waals surface area contributed by atoms with Gasteiger partial charge in [0.05, 0.1) is 6.10 Å². The first-order valence-electron chi connectivity index (χ1n) is 7.14. The van der Waals surface area contributed by atoms with E-state index in [-0.39, 0.29) is 6.10 Å². The SMILES string of the molecule is CC(OCC(F)(F)F)C(=O)NCCCN1CCC(O)CC1. The highest BCUT2D eigenvalue weighted by molar-refractivity contribution is 5.80. The number of nitrogens with zero attached hydrogens (tertiary/aromatic N) is 1. The lowest BCUT2D eigenvalue weighted by molar-refractivity contribution is -0.185. The fourth-order valence-electron chi connectivity index (χ4n) is 2.10. The molecule has 0 aromatic rings. The van der Waals surface area contributed by atoms with Gasteiger partial charge in [-0.05, 0) is 32.7 Å². The molecule has 1 aliphatic heterocycles. The zero-order valence-corrected chi connectivity index (χ0v) is 12.2. The minimum Gasteiger partial charge on any atom is -0.393 e. The number of amides is 1. The molecule has 2 N–H and O–H groups in total. The van der Waals surface area contributed by atoms with Crippen molar-refractivity contribution < 1.29 is 27.8 Å². The average Bonchev–Trinajstić information content (AvgIpc) is 2.41. The number of hydrogen-bond donors (Lipinski definition) is 2. The molecule has 124 valence electrons. The molecular formula is C13H23F3N2O3. The molecule has 0 spiro atoms. The predicted molar refractivity (Wildman–Crippen MR) is 70.8 cm³/mol. The molecule has 0 aromatic carbocycles. The molecule has 1 atom stereocenters. The van der Waals surface area contributed by atoms with E-state index in [1.807, 2.05) is 0 Å². The first-order valence-corrected chi connectivity index (χ1v) is 7.14. The van der Waals surface area contributed by atoms with Crippen LogP contribution in [-0.4, -0.2) is 67.1 Å². The van der Waals surface area contributed by atoms with Crippen LogP contribution in [0.4, 0.5) is 13.2 Å². The lowest BCUT2D eigenvalue weighted by Gasteiger charge is -2.29. The quantitative estimate of drug-likeness (QED) is 0.686. The van der Waals surface area contributed by atoms with Gasteiger partial charge < -0.3 is 20.1 Å². The van der Waals surface area contributed by atoms with Crippen LogP contribution in [0.2, 0.25) is 0 Å². The summed E-state index contributed by atoms with van der Waals surface area (Å²) in [7, 11) is 0. The van der Waals surface area contributed by atoms with Crippen molar-refractivity contribution in [1.82, 2.24) is 10.2 Å². The molecule has 5 nitrogen and oxygen atoms in total. The summed E-state index contributed by atoms with van der Waals surface area (Å²) in [6.45, 7) is 2.74. The van der Waals surface area contributed by atoms with Gasteiger partial charge in [-0.3, -0.25) is 4.79 Å². The number of likely N-dealkylation sites (tertiary alicyclic amines) is 1. The molecule has 8 heteroatoms. The van der Waals surface area contributed by atoms with Crippen molar-refractivity contribution in [1.29, 1.82) is 0 Å². The first-order chi connectivity index (χ1) is 9.78. The van der Waals surface area contributed by atoms with E-state index in [9.17, 15) is 23.1 Å². The van der Waals surface area contributed by atoms with E-state index in [1.54, 1.807) is 0 Å². The Morgan fingerprint density at radius 1 is 1.43 bits per heavy atom. The normalized spacial score (nSPS) is 19.5. The van der Waals surface area contributed by atoms with Gasteiger partial charge in [-0.1, -0.05) is 0 Å². The fourth-order valence-corrected chi connectivity index (χ4v) is 2.10. The third-order valence-corrected chi connectivity index (χ3v) is 3.37. The Kier molecular flexibility index (Phi) is 7.41. The van der Waals surface area contributed by atoms with Crippen molar-refractivity contribution in [2.45, 2.75) is 44.6 Å². The van der Waals surface area contributed by atoms with Crippen LogP contribution in [0.15, 0.2) is 0 Å². The van der Waals surface area contributed by atoms with Crippen molar-refractivity contribution in [2.75, 3.05) is 32.8 Å². The highest BCUT2D eigenvalue weighted by Gasteiger charge is 2.29. The third-order valence-electron chi connectivity index (χ3n) is 3.37. The van der Waals surface area contributed by atoms with Crippen LogP contribution < -0.4 is 5.32 Å². The number of hydrogen-bond acceptors (Lipinski definition) is 4. The predicted octanol–water partition coefficient (Wildman–Crippen LogP) is 0.917. The summed E-state index contributed by atoms with van der Waals surface area (Å²) in [5.74, 6) is -0.534. The second-order valence-corrected chi connectivity index (χ2v) is 5.29. The number of ether oxygens (including phenoxy) is 1. The Labute approximate surface area is 122 Å². The number of halogens is 3. The standard InChI is InChI=1S/C13H23F3N2O3/c1-10(21-9-13(14,15)16)12(20)17-5-2-6-18-7-3-11(19)4-8-18/h10-11,19H,2-9H2,1H3,(H,17,20). The minimum atomic E-state index is -4.42. The van der Waals surface area contributed by atoms with Crippen LogP contribution >= 0.6 is 0 Å². The smallest absolute Gasteiger partial charge is 0.393 e. The molecule has 0 bridgehead atoms. The van der Waals surface area contributed by atoms with E-state index in [0.717, 1.165) is 32.5 Å². The van der Waals surface area contributed by atoms with Crippen molar-refractivity contribution in [3.8, 4) is 0 Å². The summed E-state index contributed by atoms with van der Waals surface area (Å²) in [5.41, 5.74) is 0. The molecule has 1 amide bonds. The van der Waals surface area contributed by atoms with Crippen molar-refractivity contribution >= 4 is 5.91 Å². The molecule has 1 unspecified atom stereocenters. The number of rotatable bonds is 7. The van der Waals surface area contributed by atoms with Gasteiger partial charge in [0.2, 0.25) is 5.91 Å². The molecule has 1 saturated heterocycles. The second-order valence-electron chi connectivity index (χ2n) is 5.29. The van der Waals surface area contributed by atoms with Crippen LogP contribution in [0, 0.1) is 0 Å². The highest BCUT2D eigenvalue weighted by atomic mass is 19.4. The number of alkyl halides is 3. The summed E-state index contributed by atoms with van der Waals surface area (Å²) in [4.78, 5) is 13.7. The van der Waals surface area contributed by atoms with Gasteiger partial charge in [0.1, 0.15) is 12.7 Å². The summed E-state index contributed by atoms with van der Waals surface area (Å²) < 4.78 is 40.3. The summed E-state index contributed by atoms with van der Waals surface area (Å²) in [6.07, 6.45) is -3.52. The van der Waals surface area contributed by atoms with E-state index >= 15 is 0 Å². The highest BCUT2D eigenvalue weighted by Crippen LogP contribution is 2.15. The maximum absolute atomic E-state index is 11.9. The fraction of sp³-hybridized carbons (Fsp3) is 0.923. The molecule has 1 fully saturated rings. The zero-order chi connectivity index (χ0) is 15.9. The summed E-state index contributed by atoms with van der Waals surface area (Å²) in [6, 6.07) is 0. The van der Waals surface area contributed by atoms with Gasteiger partial charge in [-0.15, -0.1) is 0 Å². The Morgan fingerprint density at radius 2 is 2.05 bits per heavy atom. The van der Waals surface area contributed by atoms with E-state index < -0.39 is 24.8 Å². The topological polar surface area (TPSA) is 61.8 Å². The van der Waals surface area contributed by atoms with Gasteiger partial charge in [-0.25, -0.2) is 0 Å². The molecule has 0 aliphatic carbocycles. The monoisotopic (exact) mass is 312 g/mol. The maximum Gasteiger partial charge on any atom is 0.411 e. The number of aliphatic hydroxyl groups is 1. The van der Waals surface area contributed by atoms with Crippen molar-refractivity contribution in [2.24, 2.45) is 0 Å². The summed E-state index contributed by atoms with van der Waals surface area (Å²) in [5, 5.41) is 11.9. The number of nitrogens with one attached hydrogen (secondary N) is 1. The largest absolute Gasteiger partial charge is 0.411 e. The van der Waals surface area contributed by atoms with Gasteiger partial charge in [-0.2, -0.15) is 13.2 Å². The molecule has 1 heterocycles. The lowest BCUT2D eigenvalue weighted by atomic mass is 10.1. The van der Waals surface area contributed by atoms with Crippen molar-refractivity contribution in [3.05, 3.63) is 0 Å². The minimum absolute atomic E-state index is 0.215. The van der Waals surface area contributed by atoms with Crippen LogP contribution in [0.3, 0.4) is 0 Å². The van der Waals surface area contributed by atoms with E-state index in [0.29, 0.717) is 13.0 Å². The lowest BCUT2D eigenvalue weighted by Crippen LogP contribution is -2.39.